The monoisotopic (exact) mass is 330 g/mol. The highest BCUT2D eigenvalue weighted by Gasteiger charge is 2.29. The van der Waals surface area contributed by atoms with Gasteiger partial charge in [0.15, 0.2) is 0 Å². The molecule has 1 fully saturated rings. The fourth-order valence-electron chi connectivity index (χ4n) is 2.69. The summed E-state index contributed by atoms with van der Waals surface area (Å²) in [5.74, 6) is -0.175. The first-order valence-electron chi connectivity index (χ1n) is 7.48. The number of carbonyl (C=O) groups excluding carboxylic acids is 1. The van der Waals surface area contributed by atoms with E-state index in [4.69, 9.17) is 10.5 Å². The number of rotatable bonds is 5. The smallest absolute Gasteiger partial charge is 0.240 e. The van der Waals surface area contributed by atoms with Crippen molar-refractivity contribution >= 4 is 18.3 Å². The lowest BCUT2D eigenvalue weighted by molar-refractivity contribution is -0.135. The summed E-state index contributed by atoms with van der Waals surface area (Å²) in [6.07, 6.45) is 1.65. The lowest BCUT2D eigenvalue weighted by Gasteiger charge is -2.31. The molecule has 22 heavy (non-hydrogen) atoms. The average molecular weight is 331 g/mol. The van der Waals surface area contributed by atoms with E-state index in [9.17, 15) is 9.18 Å². The van der Waals surface area contributed by atoms with Crippen molar-refractivity contribution in [1.82, 2.24) is 4.90 Å². The molecule has 0 aliphatic carbocycles. The fourth-order valence-corrected chi connectivity index (χ4v) is 2.69. The van der Waals surface area contributed by atoms with Gasteiger partial charge in [-0.05, 0) is 43.4 Å². The number of hydrogen-bond acceptors (Lipinski definition) is 3. The normalized spacial score (nSPS) is 16.7. The Labute approximate surface area is 137 Å². The number of carbonyl (C=O) groups is 1. The van der Waals surface area contributed by atoms with Gasteiger partial charge in [0.25, 0.3) is 0 Å². The van der Waals surface area contributed by atoms with E-state index in [-0.39, 0.29) is 30.0 Å². The fraction of sp³-hybridized carbons (Fsp3) is 0.562. The van der Waals surface area contributed by atoms with E-state index in [1.807, 2.05) is 13.0 Å². The number of halogens is 2. The number of nitrogens with zero attached hydrogens (tertiary/aromatic N) is 1. The molecule has 6 heteroatoms. The van der Waals surface area contributed by atoms with E-state index in [1.165, 1.54) is 12.1 Å². The highest BCUT2D eigenvalue weighted by molar-refractivity contribution is 5.85. The van der Waals surface area contributed by atoms with Crippen molar-refractivity contribution in [3.05, 3.63) is 35.6 Å². The standard InChI is InChI=1S/C16H23FN2O2.ClH/c1-2-19(11-12-4-3-5-14(17)10-12)16(20)15(18)13-6-8-21-9-7-13;/h3-5,10,13,15H,2,6-9,11,18H2,1H3;1H. The van der Waals surface area contributed by atoms with Crippen LogP contribution in [0.25, 0.3) is 0 Å². The van der Waals surface area contributed by atoms with Crippen LogP contribution >= 0.6 is 12.4 Å². The summed E-state index contributed by atoms with van der Waals surface area (Å²) >= 11 is 0. The van der Waals surface area contributed by atoms with Crippen LogP contribution in [0.5, 0.6) is 0 Å². The minimum atomic E-state index is -0.498. The Balaban J connectivity index is 0.00000242. The Morgan fingerprint density at radius 2 is 2.14 bits per heavy atom. The largest absolute Gasteiger partial charge is 0.381 e. The molecule has 124 valence electrons. The summed E-state index contributed by atoms with van der Waals surface area (Å²) < 4.78 is 18.5. The molecule has 1 unspecified atom stereocenters. The van der Waals surface area contributed by atoms with Crippen LogP contribution in [0.1, 0.15) is 25.3 Å². The van der Waals surface area contributed by atoms with Gasteiger partial charge in [0, 0.05) is 26.3 Å². The molecule has 1 amide bonds. The summed E-state index contributed by atoms with van der Waals surface area (Å²) in [6.45, 7) is 4.20. The molecule has 0 radical (unpaired) electrons. The van der Waals surface area contributed by atoms with Crippen molar-refractivity contribution in [2.24, 2.45) is 11.7 Å². The zero-order chi connectivity index (χ0) is 15.2. The summed E-state index contributed by atoms with van der Waals surface area (Å²) in [4.78, 5) is 14.2. The number of benzene rings is 1. The lowest BCUT2D eigenvalue weighted by Crippen LogP contribution is -2.48. The van der Waals surface area contributed by atoms with Crippen molar-refractivity contribution in [3.63, 3.8) is 0 Å². The van der Waals surface area contributed by atoms with Crippen LogP contribution in [0.2, 0.25) is 0 Å². The zero-order valence-corrected chi connectivity index (χ0v) is 13.7. The van der Waals surface area contributed by atoms with Crippen molar-refractivity contribution in [2.75, 3.05) is 19.8 Å². The molecule has 1 aromatic carbocycles. The number of ether oxygens (including phenoxy) is 1. The molecule has 1 aromatic rings. The molecule has 0 bridgehead atoms. The van der Waals surface area contributed by atoms with Crippen molar-refractivity contribution in [2.45, 2.75) is 32.4 Å². The van der Waals surface area contributed by atoms with Gasteiger partial charge in [0.2, 0.25) is 5.91 Å². The molecular formula is C16H24ClFN2O2. The molecule has 0 saturated carbocycles. The van der Waals surface area contributed by atoms with E-state index >= 15 is 0 Å². The molecule has 2 rings (SSSR count). The van der Waals surface area contributed by atoms with Gasteiger partial charge in [-0.1, -0.05) is 12.1 Å². The number of nitrogens with two attached hydrogens (primary N) is 1. The molecule has 0 spiro atoms. The second-order valence-corrected chi connectivity index (χ2v) is 5.46. The third kappa shape index (κ3) is 4.93. The van der Waals surface area contributed by atoms with Gasteiger partial charge in [-0.25, -0.2) is 4.39 Å². The van der Waals surface area contributed by atoms with Crippen molar-refractivity contribution in [1.29, 1.82) is 0 Å². The minimum Gasteiger partial charge on any atom is -0.381 e. The highest BCUT2D eigenvalue weighted by atomic mass is 35.5. The third-order valence-corrected chi connectivity index (χ3v) is 4.01. The van der Waals surface area contributed by atoms with Crippen LogP contribution in [0.4, 0.5) is 4.39 Å². The maximum Gasteiger partial charge on any atom is 0.240 e. The van der Waals surface area contributed by atoms with Gasteiger partial charge in [0.05, 0.1) is 6.04 Å². The topological polar surface area (TPSA) is 55.6 Å². The van der Waals surface area contributed by atoms with Gasteiger partial charge in [0.1, 0.15) is 5.82 Å². The minimum absolute atomic E-state index is 0. The first-order valence-corrected chi connectivity index (χ1v) is 7.48. The van der Waals surface area contributed by atoms with E-state index in [2.05, 4.69) is 0 Å². The number of hydrogen-bond donors (Lipinski definition) is 1. The Morgan fingerprint density at radius 3 is 2.73 bits per heavy atom. The molecular weight excluding hydrogens is 307 g/mol. The predicted molar refractivity (Wildman–Crippen MR) is 86.3 cm³/mol. The molecule has 2 N–H and O–H groups in total. The van der Waals surface area contributed by atoms with Crippen LogP contribution in [0.15, 0.2) is 24.3 Å². The molecule has 1 saturated heterocycles. The van der Waals surface area contributed by atoms with Crippen molar-refractivity contribution < 1.29 is 13.9 Å². The first-order chi connectivity index (χ1) is 10.1. The van der Waals surface area contributed by atoms with Crippen LogP contribution in [0, 0.1) is 11.7 Å². The highest BCUT2D eigenvalue weighted by Crippen LogP contribution is 2.19. The average Bonchev–Trinajstić information content (AvgIpc) is 2.52. The predicted octanol–water partition coefficient (Wildman–Crippen LogP) is 2.35. The van der Waals surface area contributed by atoms with E-state index in [1.54, 1.807) is 11.0 Å². The molecule has 1 atom stereocenters. The molecule has 4 nitrogen and oxygen atoms in total. The lowest BCUT2D eigenvalue weighted by atomic mass is 9.91. The quantitative estimate of drug-likeness (QED) is 0.901. The Bertz CT molecular complexity index is 481. The van der Waals surface area contributed by atoms with Crippen LogP contribution in [-0.2, 0) is 16.1 Å². The van der Waals surface area contributed by atoms with Gasteiger partial charge in [-0.2, -0.15) is 0 Å². The maximum absolute atomic E-state index is 13.2. The Kier molecular flexibility index (Phi) is 7.79. The Hall–Kier alpha value is -1.17. The Morgan fingerprint density at radius 1 is 1.45 bits per heavy atom. The second-order valence-electron chi connectivity index (χ2n) is 5.46. The summed E-state index contributed by atoms with van der Waals surface area (Å²) in [5, 5.41) is 0. The summed E-state index contributed by atoms with van der Waals surface area (Å²) in [5.41, 5.74) is 6.91. The summed E-state index contributed by atoms with van der Waals surface area (Å²) in [6, 6.07) is 5.83. The zero-order valence-electron chi connectivity index (χ0n) is 12.8. The van der Waals surface area contributed by atoms with E-state index in [0.29, 0.717) is 26.3 Å². The molecule has 1 heterocycles. The number of amides is 1. The molecule has 1 aliphatic heterocycles. The second kappa shape index (κ2) is 9.08. The van der Waals surface area contributed by atoms with E-state index < -0.39 is 6.04 Å². The molecule has 0 aromatic heterocycles. The third-order valence-electron chi connectivity index (χ3n) is 4.01. The van der Waals surface area contributed by atoms with Crippen LogP contribution in [-0.4, -0.2) is 36.6 Å². The van der Waals surface area contributed by atoms with Gasteiger partial charge >= 0.3 is 0 Å². The van der Waals surface area contributed by atoms with Gasteiger partial charge in [-0.3, -0.25) is 4.79 Å². The van der Waals surface area contributed by atoms with Gasteiger partial charge in [-0.15, -0.1) is 12.4 Å². The summed E-state index contributed by atoms with van der Waals surface area (Å²) in [7, 11) is 0. The first kappa shape index (κ1) is 18.9. The SMILES string of the molecule is CCN(Cc1cccc(F)c1)C(=O)C(N)C1CCOCC1.Cl. The van der Waals surface area contributed by atoms with Crippen LogP contribution < -0.4 is 5.73 Å². The van der Waals surface area contributed by atoms with Gasteiger partial charge < -0.3 is 15.4 Å². The van der Waals surface area contributed by atoms with Crippen molar-refractivity contribution in [3.8, 4) is 0 Å². The molecule has 1 aliphatic rings. The number of likely N-dealkylation sites (N-methyl/N-ethyl adjacent to an activating group) is 1. The maximum atomic E-state index is 13.2. The van der Waals surface area contributed by atoms with Crippen LogP contribution in [0.3, 0.4) is 0 Å². The van der Waals surface area contributed by atoms with E-state index in [0.717, 1.165) is 18.4 Å².